The van der Waals surface area contributed by atoms with Gasteiger partial charge in [0, 0.05) is 6.04 Å². The maximum atomic E-state index is 13.5. The highest BCUT2D eigenvalue weighted by molar-refractivity contribution is 7.89. The second kappa shape index (κ2) is 10.2. The van der Waals surface area contributed by atoms with E-state index < -0.39 is 10.0 Å². The number of sulfonamides is 1. The van der Waals surface area contributed by atoms with Gasteiger partial charge in [-0.05, 0) is 81.8 Å². The van der Waals surface area contributed by atoms with Crippen LogP contribution in [0.1, 0.15) is 72.9 Å². The molecule has 0 bridgehead atoms. The molecule has 0 aliphatic heterocycles. The van der Waals surface area contributed by atoms with Crippen molar-refractivity contribution in [3.63, 3.8) is 0 Å². The fourth-order valence-electron chi connectivity index (χ4n) is 4.58. The summed E-state index contributed by atoms with van der Waals surface area (Å²) in [7, 11) is -3.76. The maximum absolute atomic E-state index is 13.5. The van der Waals surface area contributed by atoms with Gasteiger partial charge in [-0.25, -0.2) is 8.42 Å². The average molecular weight is 457 g/mol. The van der Waals surface area contributed by atoms with Crippen molar-refractivity contribution >= 4 is 15.9 Å². The molecule has 1 N–H and O–H groups in total. The molecule has 0 heterocycles. The Hall–Kier alpha value is -2.18. The summed E-state index contributed by atoms with van der Waals surface area (Å²) in [4.78, 5) is 13.3. The molecule has 32 heavy (non-hydrogen) atoms. The molecule has 1 fully saturated rings. The van der Waals surface area contributed by atoms with Gasteiger partial charge in [-0.3, -0.25) is 4.79 Å². The maximum Gasteiger partial charge on any atom is 0.243 e. The van der Waals surface area contributed by atoms with Crippen LogP contribution in [-0.2, 0) is 14.8 Å². The third-order valence-corrected chi connectivity index (χ3v) is 8.55. The first-order chi connectivity index (χ1) is 15.1. The van der Waals surface area contributed by atoms with Crippen LogP contribution >= 0.6 is 0 Å². The van der Waals surface area contributed by atoms with Crippen LogP contribution in [0.5, 0.6) is 0 Å². The lowest BCUT2D eigenvalue weighted by molar-refractivity contribution is -0.122. The van der Waals surface area contributed by atoms with Crippen LogP contribution in [0.15, 0.2) is 41.3 Å². The van der Waals surface area contributed by atoms with Crippen LogP contribution in [0.4, 0.5) is 0 Å². The van der Waals surface area contributed by atoms with E-state index in [-0.39, 0.29) is 29.4 Å². The van der Waals surface area contributed by atoms with Crippen LogP contribution in [0.25, 0.3) is 0 Å². The fourth-order valence-corrected chi connectivity index (χ4v) is 6.22. The second-order valence-corrected chi connectivity index (χ2v) is 11.1. The minimum absolute atomic E-state index is 0.139. The predicted molar refractivity (Wildman–Crippen MR) is 129 cm³/mol. The van der Waals surface area contributed by atoms with Gasteiger partial charge in [-0.1, -0.05) is 49.1 Å². The molecule has 2 aromatic rings. The van der Waals surface area contributed by atoms with E-state index in [0.717, 1.165) is 48.8 Å². The van der Waals surface area contributed by atoms with Gasteiger partial charge < -0.3 is 5.32 Å². The molecule has 0 radical (unpaired) electrons. The molecule has 1 saturated carbocycles. The molecule has 0 aromatic heterocycles. The lowest BCUT2D eigenvalue weighted by Crippen LogP contribution is -2.47. The lowest BCUT2D eigenvalue weighted by Gasteiger charge is -2.33. The minimum atomic E-state index is -3.76. The molecule has 3 rings (SSSR count). The van der Waals surface area contributed by atoms with Crippen molar-refractivity contribution in [2.24, 2.45) is 0 Å². The van der Waals surface area contributed by atoms with Crippen LogP contribution in [0.3, 0.4) is 0 Å². The second-order valence-electron chi connectivity index (χ2n) is 9.24. The first kappa shape index (κ1) is 24.5. The van der Waals surface area contributed by atoms with Gasteiger partial charge in [0.2, 0.25) is 15.9 Å². The zero-order valence-electron chi connectivity index (χ0n) is 19.9. The van der Waals surface area contributed by atoms with E-state index in [0.29, 0.717) is 0 Å². The Morgan fingerprint density at radius 1 is 0.969 bits per heavy atom. The number of carbonyl (C=O) groups is 1. The highest BCUT2D eigenvalue weighted by atomic mass is 32.2. The summed E-state index contributed by atoms with van der Waals surface area (Å²) in [5.74, 6) is -0.267. The standard InChI is InChI=1S/C26H36N2O3S/c1-18-11-13-24(14-12-18)32(30,31)28(23-9-7-6-8-10-23)17-26(29)27-22(5)25-16-20(3)19(2)15-21(25)4/h11-16,22-23H,6-10,17H2,1-5H3,(H,27,29)/t22-/m0/s1. The van der Waals surface area contributed by atoms with Crippen molar-refractivity contribution < 1.29 is 13.2 Å². The number of aryl methyl sites for hydroxylation is 4. The Balaban J connectivity index is 1.82. The summed E-state index contributed by atoms with van der Waals surface area (Å²) in [6.07, 6.45) is 4.69. The van der Waals surface area contributed by atoms with E-state index in [2.05, 4.69) is 31.3 Å². The topological polar surface area (TPSA) is 66.5 Å². The van der Waals surface area contributed by atoms with Gasteiger partial charge in [0.05, 0.1) is 17.5 Å². The van der Waals surface area contributed by atoms with Crippen molar-refractivity contribution in [3.8, 4) is 0 Å². The molecule has 0 saturated heterocycles. The third kappa shape index (κ3) is 5.59. The van der Waals surface area contributed by atoms with E-state index in [9.17, 15) is 13.2 Å². The zero-order valence-corrected chi connectivity index (χ0v) is 20.8. The number of amides is 1. The van der Waals surface area contributed by atoms with Gasteiger partial charge in [0.15, 0.2) is 0 Å². The molecule has 6 heteroatoms. The summed E-state index contributed by atoms with van der Waals surface area (Å²) in [6.45, 7) is 9.90. The molecule has 5 nitrogen and oxygen atoms in total. The van der Waals surface area contributed by atoms with Crippen molar-refractivity contribution in [3.05, 3.63) is 64.2 Å². The zero-order chi connectivity index (χ0) is 23.5. The van der Waals surface area contributed by atoms with Crippen LogP contribution in [0.2, 0.25) is 0 Å². The molecule has 1 aliphatic carbocycles. The van der Waals surface area contributed by atoms with E-state index in [1.165, 1.54) is 15.4 Å². The number of nitrogens with one attached hydrogen (secondary N) is 1. The Morgan fingerprint density at radius 2 is 1.56 bits per heavy atom. The normalized spacial score (nSPS) is 16.2. The summed E-state index contributed by atoms with van der Waals surface area (Å²) in [6, 6.07) is 10.8. The lowest BCUT2D eigenvalue weighted by atomic mass is 9.95. The Kier molecular flexibility index (Phi) is 7.78. The van der Waals surface area contributed by atoms with Crippen molar-refractivity contribution in [2.45, 2.75) is 83.7 Å². The van der Waals surface area contributed by atoms with E-state index in [1.54, 1.807) is 24.3 Å². The van der Waals surface area contributed by atoms with Crippen LogP contribution in [0, 0.1) is 27.7 Å². The molecule has 0 spiro atoms. The highest BCUT2D eigenvalue weighted by Crippen LogP contribution is 2.28. The van der Waals surface area contributed by atoms with Crippen molar-refractivity contribution in [2.75, 3.05) is 6.54 Å². The van der Waals surface area contributed by atoms with Gasteiger partial charge >= 0.3 is 0 Å². The number of benzene rings is 2. The molecular formula is C26H36N2O3S. The SMILES string of the molecule is Cc1ccc(S(=O)(=O)N(CC(=O)N[C@@H](C)c2cc(C)c(C)cc2C)C2CCCCC2)cc1. The summed E-state index contributed by atoms with van der Waals surface area (Å²) in [5.41, 5.74) is 5.59. The minimum Gasteiger partial charge on any atom is -0.348 e. The summed E-state index contributed by atoms with van der Waals surface area (Å²) >= 11 is 0. The average Bonchev–Trinajstić information content (AvgIpc) is 2.75. The highest BCUT2D eigenvalue weighted by Gasteiger charge is 2.34. The largest absolute Gasteiger partial charge is 0.348 e. The third-order valence-electron chi connectivity index (χ3n) is 6.64. The quantitative estimate of drug-likeness (QED) is 0.629. The molecule has 1 amide bonds. The first-order valence-corrected chi connectivity index (χ1v) is 13.0. The Bertz CT molecular complexity index is 1060. The Labute approximate surface area is 193 Å². The molecule has 0 unspecified atom stereocenters. The van der Waals surface area contributed by atoms with Gasteiger partial charge in [-0.2, -0.15) is 4.31 Å². The van der Waals surface area contributed by atoms with Gasteiger partial charge in [-0.15, -0.1) is 0 Å². The van der Waals surface area contributed by atoms with E-state index in [4.69, 9.17) is 0 Å². The molecule has 2 aromatic carbocycles. The number of carbonyl (C=O) groups excluding carboxylic acids is 1. The number of rotatable bonds is 7. The Morgan fingerprint density at radius 3 is 2.19 bits per heavy atom. The molecule has 174 valence electrons. The molecular weight excluding hydrogens is 420 g/mol. The smallest absolute Gasteiger partial charge is 0.243 e. The number of hydrogen-bond donors (Lipinski definition) is 1. The first-order valence-electron chi connectivity index (χ1n) is 11.5. The van der Waals surface area contributed by atoms with E-state index in [1.807, 2.05) is 20.8 Å². The molecule has 1 aliphatic rings. The van der Waals surface area contributed by atoms with Crippen LogP contribution < -0.4 is 5.32 Å². The van der Waals surface area contributed by atoms with Gasteiger partial charge in [0.1, 0.15) is 0 Å². The van der Waals surface area contributed by atoms with Crippen molar-refractivity contribution in [1.82, 2.24) is 9.62 Å². The predicted octanol–water partition coefficient (Wildman–Crippen LogP) is 5.12. The summed E-state index contributed by atoms with van der Waals surface area (Å²) in [5, 5.41) is 3.04. The van der Waals surface area contributed by atoms with Crippen LogP contribution in [-0.4, -0.2) is 31.2 Å². The molecule has 1 atom stereocenters. The van der Waals surface area contributed by atoms with Gasteiger partial charge in [0.25, 0.3) is 0 Å². The van der Waals surface area contributed by atoms with Crippen molar-refractivity contribution in [1.29, 1.82) is 0 Å². The fraction of sp³-hybridized carbons (Fsp3) is 0.500. The van der Waals surface area contributed by atoms with E-state index >= 15 is 0 Å². The summed E-state index contributed by atoms with van der Waals surface area (Å²) < 4.78 is 28.5. The number of nitrogens with zero attached hydrogens (tertiary/aromatic N) is 1. The number of hydrogen-bond acceptors (Lipinski definition) is 3. The monoisotopic (exact) mass is 456 g/mol.